The Morgan fingerprint density at radius 2 is 2.21 bits per heavy atom. The molecule has 0 aromatic heterocycles. The van der Waals surface area contributed by atoms with E-state index < -0.39 is 17.1 Å². The van der Waals surface area contributed by atoms with Crippen LogP contribution < -0.4 is 11.5 Å². The molecule has 0 fully saturated rings. The summed E-state index contributed by atoms with van der Waals surface area (Å²) in [5.41, 5.74) is 13.2. The Morgan fingerprint density at radius 3 is 2.84 bits per heavy atom. The van der Waals surface area contributed by atoms with E-state index in [2.05, 4.69) is 0 Å². The number of primary amides is 1. The highest BCUT2D eigenvalue weighted by atomic mass is 35.5. The Bertz CT molecular complexity index is 564. The highest BCUT2D eigenvalue weighted by Gasteiger charge is 2.39. The number of hydrogen-bond donors (Lipinski definition) is 2. The second kappa shape index (κ2) is 4.97. The van der Waals surface area contributed by atoms with Crippen LogP contribution in [0, 0.1) is 0 Å². The fourth-order valence-corrected chi connectivity index (χ4v) is 2.40. The number of carbonyl (C=O) groups excluding carboxylic acids is 1. The zero-order valence-corrected chi connectivity index (χ0v) is 11.2. The van der Waals surface area contributed by atoms with Crippen LogP contribution in [-0.4, -0.2) is 17.1 Å². The average molecular weight is 279 g/mol. The molecular formula is C14H15ClN2O2. The van der Waals surface area contributed by atoms with Crippen LogP contribution in [0.1, 0.15) is 12.5 Å². The zero-order chi connectivity index (χ0) is 14.0. The summed E-state index contributed by atoms with van der Waals surface area (Å²) in [7, 11) is 0. The molecule has 0 spiro atoms. The molecule has 4 nitrogen and oxygen atoms in total. The molecule has 5 heteroatoms. The third-order valence-corrected chi connectivity index (χ3v) is 3.47. The summed E-state index contributed by atoms with van der Waals surface area (Å²) in [5, 5.41) is 0. The van der Waals surface area contributed by atoms with Crippen molar-refractivity contribution in [3.8, 4) is 0 Å². The summed E-state index contributed by atoms with van der Waals surface area (Å²) >= 11 is 6.54. The van der Waals surface area contributed by atoms with Gasteiger partial charge in [-0.05, 0) is 36.3 Å². The zero-order valence-electron chi connectivity index (χ0n) is 10.5. The molecule has 0 bridgehead atoms. The molecule has 0 aliphatic heterocycles. The smallest absolute Gasteiger partial charge is 0.405 e. The van der Waals surface area contributed by atoms with Gasteiger partial charge in [-0.1, -0.05) is 24.3 Å². The molecule has 0 heterocycles. The van der Waals surface area contributed by atoms with Gasteiger partial charge in [0.05, 0.1) is 0 Å². The van der Waals surface area contributed by atoms with Gasteiger partial charge in [0, 0.05) is 5.69 Å². The molecule has 1 aromatic rings. The van der Waals surface area contributed by atoms with Crippen LogP contribution in [0.25, 0.3) is 5.57 Å². The van der Waals surface area contributed by atoms with E-state index in [0.29, 0.717) is 5.69 Å². The second-order valence-corrected chi connectivity index (χ2v) is 5.31. The monoisotopic (exact) mass is 278 g/mol. The third kappa shape index (κ3) is 2.74. The van der Waals surface area contributed by atoms with Crippen molar-refractivity contribution in [1.29, 1.82) is 0 Å². The number of amides is 1. The normalized spacial score (nSPS) is 25.8. The minimum Gasteiger partial charge on any atom is -0.440 e. The second-order valence-electron chi connectivity index (χ2n) is 4.52. The summed E-state index contributed by atoms with van der Waals surface area (Å²) in [5.74, 6) is 0. The topological polar surface area (TPSA) is 78.3 Å². The number of benzene rings is 1. The number of carbonyl (C=O) groups is 1. The number of alkyl halides is 1. The van der Waals surface area contributed by atoms with Gasteiger partial charge < -0.3 is 16.2 Å². The molecule has 0 saturated carbocycles. The lowest BCUT2D eigenvalue weighted by atomic mass is 9.85. The molecule has 1 amide bonds. The van der Waals surface area contributed by atoms with Crippen molar-refractivity contribution in [2.75, 3.05) is 5.73 Å². The van der Waals surface area contributed by atoms with Gasteiger partial charge in [0.25, 0.3) is 0 Å². The summed E-state index contributed by atoms with van der Waals surface area (Å²) in [6.07, 6.45) is 3.90. The number of nitrogens with two attached hydrogens (primary N) is 2. The van der Waals surface area contributed by atoms with E-state index in [4.69, 9.17) is 27.8 Å². The van der Waals surface area contributed by atoms with Gasteiger partial charge in [-0.25, -0.2) is 4.79 Å². The number of rotatable bonds is 2. The van der Waals surface area contributed by atoms with Gasteiger partial charge in [0.1, 0.15) is 11.0 Å². The first-order chi connectivity index (χ1) is 8.91. The van der Waals surface area contributed by atoms with Crippen molar-refractivity contribution in [3.63, 3.8) is 0 Å². The molecule has 1 aromatic carbocycles. The van der Waals surface area contributed by atoms with Gasteiger partial charge in [-0.15, -0.1) is 11.6 Å². The predicted molar refractivity (Wildman–Crippen MR) is 76.7 cm³/mol. The summed E-state index contributed by atoms with van der Waals surface area (Å²) in [4.78, 5) is 10.0. The van der Waals surface area contributed by atoms with E-state index in [9.17, 15) is 4.79 Å². The largest absolute Gasteiger partial charge is 0.440 e. The number of halogens is 1. The molecule has 4 N–H and O–H groups in total. The van der Waals surface area contributed by atoms with Crippen LogP contribution >= 0.6 is 11.6 Å². The van der Waals surface area contributed by atoms with Crippen LogP contribution in [0.3, 0.4) is 0 Å². The number of allylic oxidation sites excluding steroid dienone is 2. The molecule has 2 rings (SSSR count). The van der Waals surface area contributed by atoms with E-state index in [1.54, 1.807) is 25.1 Å². The minimum atomic E-state index is -0.891. The van der Waals surface area contributed by atoms with Gasteiger partial charge in [0.15, 0.2) is 0 Å². The van der Waals surface area contributed by atoms with Crippen molar-refractivity contribution in [2.24, 2.45) is 5.73 Å². The Balaban J connectivity index is 2.38. The van der Waals surface area contributed by atoms with Crippen molar-refractivity contribution in [2.45, 2.75) is 17.9 Å². The van der Waals surface area contributed by atoms with Crippen LogP contribution in [0.5, 0.6) is 0 Å². The van der Waals surface area contributed by atoms with E-state index in [0.717, 1.165) is 11.1 Å². The standard InChI is InChI=1S/C14H15ClN2O2/c1-14(15)11(9-4-2-5-10(16)8-9)6-3-7-12(14)19-13(17)18/h2-8,12H,16H2,1H3,(H2,17,18). The van der Waals surface area contributed by atoms with E-state index in [-0.39, 0.29) is 0 Å². The number of hydrogen-bond acceptors (Lipinski definition) is 3. The van der Waals surface area contributed by atoms with Crippen LogP contribution in [0.2, 0.25) is 0 Å². The van der Waals surface area contributed by atoms with Gasteiger partial charge in [-0.2, -0.15) is 0 Å². The lowest BCUT2D eigenvalue weighted by Gasteiger charge is -2.34. The van der Waals surface area contributed by atoms with Crippen LogP contribution in [0.4, 0.5) is 10.5 Å². The maximum absolute atomic E-state index is 10.9. The SMILES string of the molecule is CC1(Cl)C(c2cccc(N)c2)=CC=CC1OC(N)=O. The summed E-state index contributed by atoms with van der Waals surface area (Å²) in [6, 6.07) is 7.38. The molecule has 0 radical (unpaired) electrons. The minimum absolute atomic E-state index is 0.618. The molecular weight excluding hydrogens is 264 g/mol. The van der Waals surface area contributed by atoms with Crippen molar-refractivity contribution < 1.29 is 9.53 Å². The van der Waals surface area contributed by atoms with Crippen molar-refractivity contribution in [1.82, 2.24) is 0 Å². The number of nitrogen functional groups attached to an aromatic ring is 1. The summed E-state index contributed by atoms with van der Waals surface area (Å²) < 4.78 is 5.04. The fourth-order valence-electron chi connectivity index (χ4n) is 2.11. The molecule has 1 aliphatic carbocycles. The molecule has 2 unspecified atom stereocenters. The number of ether oxygens (including phenoxy) is 1. The predicted octanol–water partition coefficient (Wildman–Crippen LogP) is 2.68. The van der Waals surface area contributed by atoms with Crippen LogP contribution in [-0.2, 0) is 4.74 Å². The molecule has 0 saturated heterocycles. The lowest BCUT2D eigenvalue weighted by molar-refractivity contribution is 0.119. The van der Waals surface area contributed by atoms with Gasteiger partial charge in [-0.3, -0.25) is 0 Å². The molecule has 1 aliphatic rings. The first-order valence-electron chi connectivity index (χ1n) is 5.81. The highest BCUT2D eigenvalue weighted by Crippen LogP contribution is 2.40. The van der Waals surface area contributed by atoms with Gasteiger partial charge in [0.2, 0.25) is 0 Å². The Labute approximate surface area is 116 Å². The Hall–Kier alpha value is -1.94. The van der Waals surface area contributed by atoms with Gasteiger partial charge >= 0.3 is 6.09 Å². The lowest BCUT2D eigenvalue weighted by Crippen LogP contribution is -2.40. The van der Waals surface area contributed by atoms with E-state index in [1.165, 1.54) is 0 Å². The fraction of sp³-hybridized carbons (Fsp3) is 0.214. The average Bonchev–Trinajstić information content (AvgIpc) is 2.31. The molecule has 19 heavy (non-hydrogen) atoms. The Kier molecular flexibility index (Phi) is 3.53. The molecule has 100 valence electrons. The summed E-state index contributed by atoms with van der Waals surface area (Å²) in [6.45, 7) is 1.78. The quantitative estimate of drug-likeness (QED) is 0.645. The van der Waals surface area contributed by atoms with E-state index >= 15 is 0 Å². The maximum Gasteiger partial charge on any atom is 0.405 e. The van der Waals surface area contributed by atoms with Crippen molar-refractivity contribution in [3.05, 3.63) is 48.1 Å². The first-order valence-corrected chi connectivity index (χ1v) is 6.19. The first kappa shape index (κ1) is 13.5. The number of anilines is 1. The van der Waals surface area contributed by atoms with Crippen molar-refractivity contribution >= 4 is 29.0 Å². The molecule has 2 atom stereocenters. The highest BCUT2D eigenvalue weighted by molar-refractivity contribution is 6.31. The maximum atomic E-state index is 10.9. The van der Waals surface area contributed by atoms with E-state index in [1.807, 2.05) is 24.3 Å². The van der Waals surface area contributed by atoms with Crippen LogP contribution in [0.15, 0.2) is 42.5 Å². The Morgan fingerprint density at radius 1 is 1.47 bits per heavy atom. The third-order valence-electron chi connectivity index (χ3n) is 3.05.